The number of hydrogen-bond acceptors (Lipinski definition) is 1. The van der Waals surface area contributed by atoms with Gasteiger partial charge in [-0.25, -0.2) is 0 Å². The van der Waals surface area contributed by atoms with Gasteiger partial charge in [-0.05, 0) is 120 Å². The maximum absolute atomic E-state index is 5.68. The van der Waals surface area contributed by atoms with Crippen molar-refractivity contribution in [1.82, 2.24) is 0 Å². The van der Waals surface area contributed by atoms with Crippen LogP contribution in [0.15, 0.2) is 58.2 Å². The molecule has 1 atom stereocenters. The van der Waals surface area contributed by atoms with Gasteiger partial charge in [0.2, 0.25) is 0 Å². The van der Waals surface area contributed by atoms with Crippen molar-refractivity contribution in [3.8, 4) is 0 Å². The fourth-order valence-electron chi connectivity index (χ4n) is 3.85. The van der Waals surface area contributed by atoms with Gasteiger partial charge in [-0.2, -0.15) is 0 Å². The fourth-order valence-corrected chi connectivity index (χ4v) is 3.85. The molecule has 1 aliphatic heterocycles. The Morgan fingerprint density at radius 3 is 1.32 bits per heavy atom. The topological polar surface area (TPSA) is 12.5 Å². The molecular formula is C30H50O. The molecule has 176 valence electrons. The molecule has 0 saturated carbocycles. The van der Waals surface area contributed by atoms with Gasteiger partial charge in [-0.1, -0.05) is 58.2 Å². The highest BCUT2D eigenvalue weighted by molar-refractivity contribution is 5.08. The molecule has 0 unspecified atom stereocenters. The summed E-state index contributed by atoms with van der Waals surface area (Å²) >= 11 is 0. The third-order valence-electron chi connectivity index (χ3n) is 6.27. The number of epoxide rings is 1. The first-order chi connectivity index (χ1) is 14.6. The van der Waals surface area contributed by atoms with E-state index in [0.29, 0.717) is 6.10 Å². The molecule has 1 heterocycles. The number of rotatable bonds is 15. The average Bonchev–Trinajstić information content (AvgIpc) is 3.30. The molecule has 1 fully saturated rings. The molecule has 1 nitrogen and oxygen atoms in total. The van der Waals surface area contributed by atoms with E-state index in [-0.39, 0.29) is 5.60 Å². The van der Waals surface area contributed by atoms with E-state index in [2.05, 4.69) is 85.8 Å². The molecule has 0 spiro atoms. The van der Waals surface area contributed by atoms with E-state index < -0.39 is 0 Å². The zero-order valence-corrected chi connectivity index (χ0v) is 21.9. The van der Waals surface area contributed by atoms with Gasteiger partial charge in [-0.3, -0.25) is 0 Å². The highest BCUT2D eigenvalue weighted by Crippen LogP contribution is 2.38. The Morgan fingerprint density at radius 2 is 0.935 bits per heavy atom. The Balaban J connectivity index is 2.15. The van der Waals surface area contributed by atoms with Gasteiger partial charge in [0.1, 0.15) is 0 Å². The van der Waals surface area contributed by atoms with Gasteiger partial charge in [0.25, 0.3) is 0 Å². The Hall–Kier alpha value is -1.34. The molecule has 0 aromatic carbocycles. The number of ether oxygens (including phenoxy) is 1. The van der Waals surface area contributed by atoms with E-state index in [1.807, 2.05) is 0 Å². The first-order valence-corrected chi connectivity index (χ1v) is 12.5. The van der Waals surface area contributed by atoms with E-state index in [4.69, 9.17) is 4.74 Å². The summed E-state index contributed by atoms with van der Waals surface area (Å²) in [6.45, 7) is 17.8. The molecule has 1 rings (SSSR count). The highest BCUT2D eigenvalue weighted by atomic mass is 16.6. The van der Waals surface area contributed by atoms with Gasteiger partial charge < -0.3 is 4.74 Å². The normalized spacial score (nSPS) is 19.5. The maximum Gasteiger partial charge on any atom is 0.0892 e. The van der Waals surface area contributed by atoms with Crippen molar-refractivity contribution in [2.75, 3.05) is 0 Å². The van der Waals surface area contributed by atoms with Crippen LogP contribution in [0.1, 0.15) is 120 Å². The van der Waals surface area contributed by atoms with Gasteiger partial charge >= 0.3 is 0 Å². The lowest BCUT2D eigenvalue weighted by Gasteiger charge is -2.03. The zero-order valence-electron chi connectivity index (χ0n) is 21.9. The third-order valence-corrected chi connectivity index (χ3v) is 6.27. The van der Waals surface area contributed by atoms with Gasteiger partial charge in [0.15, 0.2) is 0 Å². The number of allylic oxidation sites excluding steroid dienone is 10. The van der Waals surface area contributed by atoms with Crippen LogP contribution in [0.3, 0.4) is 0 Å². The van der Waals surface area contributed by atoms with Crippen molar-refractivity contribution in [2.24, 2.45) is 0 Å². The quantitative estimate of drug-likeness (QED) is 0.144. The first-order valence-electron chi connectivity index (χ1n) is 12.5. The van der Waals surface area contributed by atoms with Crippen LogP contribution >= 0.6 is 0 Å². The Labute approximate surface area is 194 Å². The molecule has 0 N–H and O–H groups in total. The van der Waals surface area contributed by atoms with E-state index in [0.717, 1.165) is 12.8 Å². The summed E-state index contributed by atoms with van der Waals surface area (Å²) in [6, 6.07) is 0. The smallest absolute Gasteiger partial charge is 0.0892 e. The van der Waals surface area contributed by atoms with E-state index >= 15 is 0 Å². The summed E-state index contributed by atoms with van der Waals surface area (Å²) in [5.41, 5.74) is 7.65. The summed E-state index contributed by atoms with van der Waals surface area (Å²) in [4.78, 5) is 0. The minimum atomic E-state index is 0.132. The maximum atomic E-state index is 5.68. The van der Waals surface area contributed by atoms with Crippen LogP contribution in [0.25, 0.3) is 0 Å². The minimum absolute atomic E-state index is 0.132. The Bertz CT molecular complexity index is 677. The van der Waals surface area contributed by atoms with Crippen LogP contribution in [-0.4, -0.2) is 11.7 Å². The van der Waals surface area contributed by atoms with Gasteiger partial charge in [-0.15, -0.1) is 0 Å². The second-order valence-corrected chi connectivity index (χ2v) is 10.4. The molecule has 31 heavy (non-hydrogen) atoms. The lowest BCUT2D eigenvalue weighted by molar-refractivity contribution is 0.320. The van der Waals surface area contributed by atoms with Crippen molar-refractivity contribution < 1.29 is 4.74 Å². The summed E-state index contributed by atoms with van der Waals surface area (Å²) in [5, 5.41) is 0. The third kappa shape index (κ3) is 14.4. The van der Waals surface area contributed by atoms with Crippen molar-refractivity contribution in [2.45, 2.75) is 131 Å². The van der Waals surface area contributed by atoms with Crippen LogP contribution < -0.4 is 0 Å². The molecular weight excluding hydrogens is 376 g/mol. The fraction of sp³-hybridized carbons (Fsp3) is 0.667. The van der Waals surface area contributed by atoms with Crippen LogP contribution in [0.5, 0.6) is 0 Å². The molecule has 1 heteroatoms. The predicted molar refractivity (Wildman–Crippen MR) is 140 cm³/mol. The average molecular weight is 427 g/mol. The summed E-state index contributed by atoms with van der Waals surface area (Å²) < 4.78 is 5.68. The van der Waals surface area contributed by atoms with Crippen LogP contribution in [0.2, 0.25) is 0 Å². The number of hydrogen-bond donors (Lipinski definition) is 0. The molecule has 0 radical (unpaired) electrons. The molecule has 0 aliphatic carbocycles. The van der Waals surface area contributed by atoms with Crippen molar-refractivity contribution >= 4 is 0 Å². The van der Waals surface area contributed by atoms with E-state index in [9.17, 15) is 0 Å². The molecule has 0 aromatic heterocycles. The van der Waals surface area contributed by atoms with Crippen molar-refractivity contribution in [3.63, 3.8) is 0 Å². The predicted octanol–water partition coefficient (Wildman–Crippen LogP) is 9.82. The summed E-state index contributed by atoms with van der Waals surface area (Å²) in [7, 11) is 0. The van der Waals surface area contributed by atoms with Gasteiger partial charge in [0, 0.05) is 0 Å². The van der Waals surface area contributed by atoms with Crippen LogP contribution in [-0.2, 0) is 4.74 Å². The first kappa shape index (κ1) is 27.7. The minimum Gasteiger partial charge on any atom is -0.367 e. The van der Waals surface area contributed by atoms with E-state index in [1.165, 1.54) is 79.2 Å². The van der Waals surface area contributed by atoms with E-state index in [1.54, 1.807) is 0 Å². The largest absolute Gasteiger partial charge is 0.367 e. The summed E-state index contributed by atoms with van der Waals surface area (Å²) in [5.74, 6) is 0. The summed E-state index contributed by atoms with van der Waals surface area (Å²) in [6.07, 6.45) is 24.3. The number of unbranched alkanes of at least 4 members (excludes halogenated alkanes) is 1. The highest BCUT2D eigenvalue weighted by Gasteiger charge is 2.46. The van der Waals surface area contributed by atoms with Crippen LogP contribution in [0, 0.1) is 0 Å². The Morgan fingerprint density at radius 1 is 0.581 bits per heavy atom. The second-order valence-electron chi connectivity index (χ2n) is 10.4. The molecule has 0 bridgehead atoms. The molecule has 0 aromatic rings. The lowest BCUT2D eigenvalue weighted by Crippen LogP contribution is -2.02. The monoisotopic (exact) mass is 426 g/mol. The van der Waals surface area contributed by atoms with Crippen LogP contribution in [0.4, 0.5) is 0 Å². The standard InChI is InChI=1S/C30H50O/c1-24(2)14-11-17-27(5)20-12-18-25(3)15-9-10-16-26(4)19-13-21-28(6)22-23-29-30(7,8)31-29/h14-16,20-21,29H,9-13,17-19,22-23H2,1-8H3/b25-15+,26-16?,27-20?,28-21?/t29-/m0/s1. The lowest BCUT2D eigenvalue weighted by atomic mass is 10.0. The zero-order chi connectivity index (χ0) is 23.3. The Kier molecular flexibility index (Phi) is 13.1. The van der Waals surface area contributed by atoms with Crippen molar-refractivity contribution in [3.05, 3.63) is 58.2 Å². The van der Waals surface area contributed by atoms with Crippen molar-refractivity contribution in [1.29, 1.82) is 0 Å². The molecule has 0 amide bonds. The van der Waals surface area contributed by atoms with Gasteiger partial charge in [0.05, 0.1) is 11.7 Å². The SMILES string of the molecule is CC(C)=CCCC(C)=CCC/C(C)=C/CCC=C(C)CCC=C(C)CC[C@@H]1OC1(C)C. The molecule has 1 saturated heterocycles. The molecule has 1 aliphatic rings. The second kappa shape index (κ2) is 14.7.